The molecule has 0 aromatic carbocycles. The predicted octanol–water partition coefficient (Wildman–Crippen LogP) is 15.9. The first-order valence-corrected chi connectivity index (χ1v) is 28.6. The second kappa shape index (κ2) is 38.9. The molecule has 1 aliphatic heterocycles. The van der Waals surface area contributed by atoms with Crippen molar-refractivity contribution < 1.29 is 41.2 Å². The highest BCUT2D eigenvalue weighted by atomic mass is 31.2. The summed E-state index contributed by atoms with van der Waals surface area (Å²) in [6, 6.07) is 1.21. The molecule has 1 aromatic rings. The van der Waals surface area contributed by atoms with Crippen LogP contribution < -0.4 is 11.4 Å². The van der Waals surface area contributed by atoms with Gasteiger partial charge in [0.05, 0.1) is 19.8 Å². The normalized spacial score (nSPS) is 17.2. The molecule has 0 amide bonds. The first-order valence-electron chi connectivity index (χ1n) is 27.2. The summed E-state index contributed by atoms with van der Waals surface area (Å²) in [6.07, 6.45) is 36.2. The highest BCUT2D eigenvalue weighted by Gasteiger charge is 2.63. The molecule has 11 nitrogen and oxygen atoms in total. The first-order chi connectivity index (χ1) is 32.1. The Kier molecular flexibility index (Phi) is 35.5. The third-order valence-electron chi connectivity index (χ3n) is 12.8. The number of anilines is 1. The van der Waals surface area contributed by atoms with Crippen molar-refractivity contribution in [2.75, 3.05) is 25.6 Å². The van der Waals surface area contributed by atoms with Crippen LogP contribution in [0.1, 0.15) is 265 Å². The molecule has 66 heavy (non-hydrogen) atoms. The van der Waals surface area contributed by atoms with Crippen LogP contribution in [0.4, 0.5) is 14.6 Å². The Bertz CT molecular complexity index is 1400. The van der Waals surface area contributed by atoms with Gasteiger partial charge in [0.1, 0.15) is 11.9 Å². The van der Waals surface area contributed by atoms with Gasteiger partial charge in [-0.15, -0.1) is 0 Å². The van der Waals surface area contributed by atoms with Gasteiger partial charge >= 0.3 is 25.4 Å². The number of nitrogens with zero attached hydrogens (tertiary/aromatic N) is 2. The zero-order valence-corrected chi connectivity index (χ0v) is 43.0. The minimum atomic E-state index is -4.25. The fourth-order valence-electron chi connectivity index (χ4n) is 8.68. The summed E-state index contributed by atoms with van der Waals surface area (Å²) in [6.45, 7) is 6.23. The van der Waals surface area contributed by atoms with Crippen LogP contribution in [0.25, 0.3) is 0 Å². The van der Waals surface area contributed by atoms with Crippen LogP contribution in [-0.4, -0.2) is 53.5 Å². The van der Waals surface area contributed by atoms with E-state index in [1.165, 1.54) is 154 Å². The number of nitrogens with two attached hydrogens (primary N) is 1. The maximum atomic E-state index is 16.3. The topological polar surface area (TPSA) is 141 Å². The van der Waals surface area contributed by atoms with Crippen LogP contribution in [-0.2, 0) is 32.4 Å². The van der Waals surface area contributed by atoms with E-state index in [9.17, 15) is 14.2 Å². The summed E-state index contributed by atoms with van der Waals surface area (Å²) in [5.41, 5.74) is 4.59. The summed E-state index contributed by atoms with van der Waals surface area (Å²) in [7, 11) is -4.25. The second-order valence-corrected chi connectivity index (χ2v) is 20.6. The van der Waals surface area contributed by atoms with Crippen LogP contribution >= 0.6 is 7.82 Å². The van der Waals surface area contributed by atoms with Crippen molar-refractivity contribution in [3.63, 3.8) is 0 Å². The fourth-order valence-corrected chi connectivity index (χ4v) is 9.94. The maximum absolute atomic E-state index is 16.3. The van der Waals surface area contributed by atoms with Gasteiger partial charge in [-0.25, -0.2) is 9.36 Å². The summed E-state index contributed by atoms with van der Waals surface area (Å²) in [4.78, 5) is 29.5. The Hall–Kier alpha value is -1.92. The molecule has 1 fully saturated rings. The SMILES string of the molecule is CCCCCCCCCCCCCCOP(=O)(OCCCCCCCCCCCCCC)OCC1OC(n2ccc(N)nc2=O)C(F)(F)C1OC(=O)CCCCCCCCCCCCCC. The maximum Gasteiger partial charge on any atom is 0.474 e. The standard InChI is InChI=1S/C52H96F2N3O8P/c1-4-7-10-13-16-19-22-25-28-31-34-37-40-48(58)65-49-46(64-50(52(49,53)54)57-42-41-47(55)56-51(57)59)45-63-66(60,61-43-38-35-32-29-26-23-20-17-14-11-8-5-2)62-44-39-36-33-30-27-24-21-18-15-12-9-6-3/h41-42,46,49-50H,4-40,43-45H2,1-3H3,(H2,55,56,59). The van der Waals surface area contributed by atoms with Crippen LogP contribution in [0, 0.1) is 0 Å². The van der Waals surface area contributed by atoms with Gasteiger partial charge in [0, 0.05) is 12.6 Å². The molecule has 1 aliphatic rings. The van der Waals surface area contributed by atoms with Gasteiger partial charge < -0.3 is 15.2 Å². The van der Waals surface area contributed by atoms with Gasteiger partial charge in [0.2, 0.25) is 6.23 Å². The molecule has 386 valence electrons. The lowest BCUT2D eigenvalue weighted by molar-refractivity contribution is -0.176. The van der Waals surface area contributed by atoms with Crippen LogP contribution in [0.15, 0.2) is 17.1 Å². The minimum absolute atomic E-state index is 0.0472. The average Bonchev–Trinajstić information content (AvgIpc) is 3.54. The van der Waals surface area contributed by atoms with Crippen molar-refractivity contribution in [1.29, 1.82) is 0 Å². The summed E-state index contributed by atoms with van der Waals surface area (Å²) < 4.78 is 76.0. The van der Waals surface area contributed by atoms with E-state index < -0.39 is 50.4 Å². The first kappa shape index (κ1) is 60.2. The molecule has 2 heterocycles. The second-order valence-electron chi connectivity index (χ2n) is 19.0. The van der Waals surface area contributed by atoms with Crippen molar-refractivity contribution in [1.82, 2.24) is 9.55 Å². The van der Waals surface area contributed by atoms with Crippen LogP contribution in [0.3, 0.4) is 0 Å². The summed E-state index contributed by atoms with van der Waals surface area (Å²) in [5.74, 6) is -4.82. The van der Waals surface area contributed by atoms with Crippen molar-refractivity contribution in [3.05, 3.63) is 22.7 Å². The Labute approximate surface area is 400 Å². The molecule has 3 unspecified atom stereocenters. The molecule has 0 radical (unpaired) electrons. The number of ether oxygens (including phenoxy) is 2. The van der Waals surface area contributed by atoms with Gasteiger partial charge in [-0.1, -0.05) is 233 Å². The molecule has 14 heteroatoms. The number of halogens is 2. The lowest BCUT2D eigenvalue weighted by Crippen LogP contribution is -2.44. The van der Waals surface area contributed by atoms with E-state index in [0.717, 1.165) is 70.4 Å². The van der Waals surface area contributed by atoms with E-state index in [4.69, 9.17) is 28.8 Å². The number of unbranched alkanes of at least 4 members (excludes halogenated alkanes) is 33. The number of carbonyl (C=O) groups excluding carboxylic acids is 1. The number of phosphoric acid groups is 1. The number of aromatic nitrogens is 2. The number of phosphoric ester groups is 1. The highest BCUT2D eigenvalue weighted by Crippen LogP contribution is 2.52. The smallest absolute Gasteiger partial charge is 0.453 e. The van der Waals surface area contributed by atoms with E-state index in [-0.39, 0.29) is 25.5 Å². The lowest BCUT2D eigenvalue weighted by atomic mass is 10.0. The quantitative estimate of drug-likeness (QED) is 0.0381. The molecule has 2 N–H and O–H groups in total. The number of esters is 1. The number of rotatable bonds is 46. The van der Waals surface area contributed by atoms with Crippen LogP contribution in [0.2, 0.25) is 0 Å². The number of nitrogen functional groups attached to an aromatic ring is 1. The zero-order valence-electron chi connectivity index (χ0n) is 42.1. The van der Waals surface area contributed by atoms with E-state index in [0.29, 0.717) is 23.8 Å². The molecule has 1 saturated heterocycles. The monoisotopic (exact) mass is 960 g/mol. The van der Waals surface area contributed by atoms with Gasteiger partial charge in [0.15, 0.2) is 6.10 Å². The van der Waals surface area contributed by atoms with Crippen molar-refractivity contribution in [2.45, 2.75) is 283 Å². The Morgan fingerprint density at radius 1 is 0.621 bits per heavy atom. The summed E-state index contributed by atoms with van der Waals surface area (Å²) in [5, 5.41) is 0. The van der Waals surface area contributed by atoms with Crippen molar-refractivity contribution in [2.24, 2.45) is 0 Å². The lowest BCUT2D eigenvalue weighted by Gasteiger charge is -2.25. The van der Waals surface area contributed by atoms with E-state index >= 15 is 8.78 Å². The highest BCUT2D eigenvalue weighted by molar-refractivity contribution is 7.48. The van der Waals surface area contributed by atoms with Gasteiger partial charge in [-0.3, -0.25) is 22.9 Å². The van der Waals surface area contributed by atoms with Gasteiger partial charge in [0.25, 0.3) is 0 Å². The number of hydrogen-bond acceptors (Lipinski definition) is 10. The van der Waals surface area contributed by atoms with E-state index in [1.54, 1.807) is 0 Å². The predicted molar refractivity (Wildman–Crippen MR) is 265 cm³/mol. The molecule has 3 atom stereocenters. The molecular weight excluding hydrogens is 864 g/mol. The molecule has 1 aromatic heterocycles. The number of carbonyl (C=O) groups is 1. The van der Waals surface area contributed by atoms with Crippen molar-refractivity contribution in [3.8, 4) is 0 Å². The molecule has 2 rings (SSSR count). The third kappa shape index (κ3) is 27.9. The Morgan fingerprint density at radius 2 is 0.985 bits per heavy atom. The molecule has 0 saturated carbocycles. The average molecular weight is 960 g/mol. The van der Waals surface area contributed by atoms with E-state index in [1.807, 2.05) is 0 Å². The Balaban J connectivity index is 1.98. The number of hydrogen-bond donors (Lipinski definition) is 1. The van der Waals surface area contributed by atoms with E-state index in [2.05, 4.69) is 25.8 Å². The largest absolute Gasteiger partial charge is 0.474 e. The Morgan fingerprint density at radius 3 is 1.36 bits per heavy atom. The number of alkyl halides is 2. The van der Waals surface area contributed by atoms with Crippen LogP contribution in [0.5, 0.6) is 0 Å². The van der Waals surface area contributed by atoms with Gasteiger partial charge in [-0.05, 0) is 25.3 Å². The zero-order chi connectivity index (χ0) is 48.0. The molecule has 0 spiro atoms. The molecule has 0 aliphatic carbocycles. The third-order valence-corrected chi connectivity index (χ3v) is 14.3. The molecular formula is C52H96F2N3O8P. The van der Waals surface area contributed by atoms with Crippen molar-refractivity contribution >= 4 is 19.6 Å². The minimum Gasteiger partial charge on any atom is -0.453 e. The molecule has 0 bridgehead atoms. The summed E-state index contributed by atoms with van der Waals surface area (Å²) >= 11 is 0. The fraction of sp³-hybridized carbons (Fsp3) is 0.904. The van der Waals surface area contributed by atoms with Gasteiger partial charge in [-0.2, -0.15) is 13.8 Å².